The predicted molar refractivity (Wildman–Crippen MR) is 55.8 cm³/mol. The summed E-state index contributed by atoms with van der Waals surface area (Å²) in [6.07, 6.45) is 4.42. The quantitative estimate of drug-likeness (QED) is 0.810. The van der Waals surface area contributed by atoms with Gasteiger partial charge in [0.1, 0.15) is 5.52 Å². The highest BCUT2D eigenvalue weighted by Crippen LogP contribution is 2.42. The number of fused-ring (bicyclic) bond motifs is 1. The minimum atomic E-state index is 0.795. The van der Waals surface area contributed by atoms with E-state index in [1.807, 2.05) is 0 Å². The molecule has 2 aromatic rings. The van der Waals surface area contributed by atoms with Crippen LogP contribution in [-0.2, 0) is 0 Å². The zero-order chi connectivity index (χ0) is 8.84. The third-order valence-corrected chi connectivity index (χ3v) is 3.15. The predicted octanol–water partition coefficient (Wildman–Crippen LogP) is 3.20. The van der Waals surface area contributed by atoms with Crippen LogP contribution in [-0.4, -0.2) is 9.97 Å². The second kappa shape index (κ2) is 2.58. The Morgan fingerprint density at radius 1 is 1.38 bits per heavy atom. The van der Waals surface area contributed by atoms with Gasteiger partial charge in [0.05, 0.1) is 11.8 Å². The zero-order valence-corrected chi connectivity index (χ0v) is 8.63. The first kappa shape index (κ1) is 7.56. The Bertz CT molecular complexity index is 457. The fourth-order valence-electron chi connectivity index (χ4n) is 1.68. The molecule has 0 unspecified atom stereocenters. The Morgan fingerprint density at radius 2 is 2.23 bits per heavy atom. The van der Waals surface area contributed by atoms with Crippen molar-refractivity contribution in [2.75, 3.05) is 0 Å². The third kappa shape index (κ3) is 1.18. The maximum atomic E-state index is 4.24. The van der Waals surface area contributed by atoms with Gasteiger partial charge in [-0.1, -0.05) is 0 Å². The monoisotopic (exact) mass is 236 g/mol. The molecule has 1 aromatic heterocycles. The van der Waals surface area contributed by atoms with Crippen LogP contribution in [0.5, 0.6) is 0 Å². The van der Waals surface area contributed by atoms with Crippen LogP contribution < -0.4 is 0 Å². The number of nitrogens with zero attached hydrogens (tertiary/aromatic N) is 1. The summed E-state index contributed by atoms with van der Waals surface area (Å²) < 4.78 is 1.10. The van der Waals surface area contributed by atoms with Crippen LogP contribution in [0.15, 0.2) is 22.9 Å². The van der Waals surface area contributed by atoms with Gasteiger partial charge in [-0.2, -0.15) is 0 Å². The molecular weight excluding hydrogens is 228 g/mol. The van der Waals surface area contributed by atoms with Crippen molar-refractivity contribution in [3.05, 3.63) is 28.5 Å². The highest BCUT2D eigenvalue weighted by atomic mass is 79.9. The fourth-order valence-corrected chi connectivity index (χ4v) is 2.26. The van der Waals surface area contributed by atoms with Crippen molar-refractivity contribution < 1.29 is 0 Å². The van der Waals surface area contributed by atoms with Gasteiger partial charge in [-0.15, -0.1) is 0 Å². The second-order valence-corrected chi connectivity index (χ2v) is 4.43. The van der Waals surface area contributed by atoms with Crippen molar-refractivity contribution in [2.24, 2.45) is 0 Å². The molecule has 1 aliphatic carbocycles. The Morgan fingerprint density at radius 3 is 3.00 bits per heavy atom. The van der Waals surface area contributed by atoms with E-state index in [9.17, 15) is 0 Å². The van der Waals surface area contributed by atoms with Crippen LogP contribution in [0.25, 0.3) is 11.0 Å². The summed E-state index contributed by atoms with van der Waals surface area (Å²) in [5.74, 6) is 0.795. The SMILES string of the molecule is Brc1cc(C2CC2)cc2[nH]cnc12. The normalized spacial score (nSPS) is 16.7. The molecule has 3 heteroatoms. The van der Waals surface area contributed by atoms with Gasteiger partial charge in [-0.3, -0.25) is 0 Å². The second-order valence-electron chi connectivity index (χ2n) is 3.58. The molecule has 0 spiro atoms. The largest absolute Gasteiger partial charge is 0.345 e. The molecule has 3 rings (SSSR count). The lowest BCUT2D eigenvalue weighted by Gasteiger charge is -1.99. The van der Waals surface area contributed by atoms with Gasteiger partial charge in [0, 0.05) is 4.47 Å². The number of H-pyrrole nitrogens is 1. The summed E-state index contributed by atoms with van der Waals surface area (Å²) in [6.45, 7) is 0. The minimum absolute atomic E-state index is 0.795. The van der Waals surface area contributed by atoms with E-state index in [2.05, 4.69) is 38.0 Å². The molecule has 1 aromatic carbocycles. The van der Waals surface area contributed by atoms with Crippen molar-refractivity contribution in [3.63, 3.8) is 0 Å². The van der Waals surface area contributed by atoms with Gasteiger partial charge >= 0.3 is 0 Å². The first-order chi connectivity index (χ1) is 6.34. The minimum Gasteiger partial charge on any atom is -0.345 e. The van der Waals surface area contributed by atoms with Crippen LogP contribution in [0.3, 0.4) is 0 Å². The van der Waals surface area contributed by atoms with E-state index in [4.69, 9.17) is 0 Å². The van der Waals surface area contributed by atoms with Crippen LogP contribution in [0.2, 0.25) is 0 Å². The maximum Gasteiger partial charge on any atom is 0.102 e. The lowest BCUT2D eigenvalue weighted by Crippen LogP contribution is -1.81. The highest BCUT2D eigenvalue weighted by Gasteiger charge is 2.24. The molecule has 0 aliphatic heterocycles. The molecule has 66 valence electrons. The summed E-state index contributed by atoms with van der Waals surface area (Å²) in [5, 5.41) is 0. The molecule has 0 atom stereocenters. The van der Waals surface area contributed by atoms with Crippen molar-refractivity contribution in [1.29, 1.82) is 0 Å². The molecule has 0 radical (unpaired) electrons. The highest BCUT2D eigenvalue weighted by molar-refractivity contribution is 9.10. The smallest absolute Gasteiger partial charge is 0.102 e. The molecule has 1 N–H and O–H groups in total. The Balaban J connectivity index is 2.27. The summed E-state index contributed by atoms with van der Waals surface area (Å²) in [5.41, 5.74) is 3.60. The molecule has 13 heavy (non-hydrogen) atoms. The number of imidazole rings is 1. The van der Waals surface area contributed by atoms with E-state index < -0.39 is 0 Å². The van der Waals surface area contributed by atoms with E-state index in [1.165, 1.54) is 18.4 Å². The van der Waals surface area contributed by atoms with Crippen molar-refractivity contribution in [2.45, 2.75) is 18.8 Å². The van der Waals surface area contributed by atoms with Gasteiger partial charge in [0.25, 0.3) is 0 Å². The molecule has 0 saturated heterocycles. The number of rotatable bonds is 1. The number of halogens is 1. The Labute approximate surface area is 84.5 Å². The molecule has 0 bridgehead atoms. The van der Waals surface area contributed by atoms with E-state index >= 15 is 0 Å². The van der Waals surface area contributed by atoms with E-state index in [0.29, 0.717) is 0 Å². The fraction of sp³-hybridized carbons (Fsp3) is 0.300. The van der Waals surface area contributed by atoms with Crippen LogP contribution >= 0.6 is 15.9 Å². The van der Waals surface area contributed by atoms with Gasteiger partial charge < -0.3 is 4.98 Å². The van der Waals surface area contributed by atoms with Crippen LogP contribution in [0.1, 0.15) is 24.3 Å². The average Bonchev–Trinajstić information content (AvgIpc) is 2.85. The molecular formula is C10H9BrN2. The molecule has 2 nitrogen and oxygen atoms in total. The summed E-state index contributed by atoms with van der Waals surface area (Å²) in [6, 6.07) is 4.41. The Hall–Kier alpha value is -0.830. The van der Waals surface area contributed by atoms with E-state index in [-0.39, 0.29) is 0 Å². The number of benzene rings is 1. The maximum absolute atomic E-state index is 4.24. The molecule has 1 aliphatic rings. The standard InChI is InChI=1S/C10H9BrN2/c11-8-3-7(6-1-2-6)4-9-10(8)13-5-12-9/h3-6H,1-2H2,(H,12,13). The van der Waals surface area contributed by atoms with Crippen LogP contribution in [0, 0.1) is 0 Å². The Kier molecular flexibility index (Phi) is 1.50. The van der Waals surface area contributed by atoms with Crippen molar-refractivity contribution >= 4 is 27.0 Å². The van der Waals surface area contributed by atoms with Crippen LogP contribution in [0.4, 0.5) is 0 Å². The topological polar surface area (TPSA) is 28.7 Å². The third-order valence-electron chi connectivity index (χ3n) is 2.55. The molecule has 1 saturated carbocycles. The lowest BCUT2D eigenvalue weighted by molar-refractivity contribution is 1.13. The number of hydrogen-bond donors (Lipinski definition) is 1. The number of aromatic nitrogens is 2. The first-order valence-electron chi connectivity index (χ1n) is 4.47. The number of nitrogens with one attached hydrogen (secondary N) is 1. The molecule has 0 amide bonds. The first-order valence-corrected chi connectivity index (χ1v) is 5.26. The van der Waals surface area contributed by atoms with Crippen molar-refractivity contribution in [3.8, 4) is 0 Å². The van der Waals surface area contributed by atoms with Crippen molar-refractivity contribution in [1.82, 2.24) is 9.97 Å². The van der Waals surface area contributed by atoms with E-state index in [0.717, 1.165) is 21.4 Å². The summed E-state index contributed by atoms with van der Waals surface area (Å²) in [4.78, 5) is 7.38. The summed E-state index contributed by atoms with van der Waals surface area (Å²) in [7, 11) is 0. The zero-order valence-electron chi connectivity index (χ0n) is 7.05. The molecule has 1 heterocycles. The number of hydrogen-bond acceptors (Lipinski definition) is 1. The van der Waals surface area contributed by atoms with Gasteiger partial charge in [0.15, 0.2) is 0 Å². The summed E-state index contributed by atoms with van der Waals surface area (Å²) >= 11 is 3.54. The molecule has 1 fully saturated rings. The van der Waals surface area contributed by atoms with Gasteiger partial charge in [-0.05, 0) is 52.4 Å². The van der Waals surface area contributed by atoms with Gasteiger partial charge in [0.2, 0.25) is 0 Å². The number of aromatic amines is 1. The lowest BCUT2D eigenvalue weighted by atomic mass is 10.1. The average molecular weight is 237 g/mol. The van der Waals surface area contributed by atoms with E-state index in [1.54, 1.807) is 6.33 Å². The van der Waals surface area contributed by atoms with Gasteiger partial charge in [-0.25, -0.2) is 4.98 Å².